The molecule has 0 amide bonds. The second-order valence-electron chi connectivity index (χ2n) is 2.89. The van der Waals surface area contributed by atoms with Crippen LogP contribution in [0.25, 0.3) is 10.9 Å². The van der Waals surface area contributed by atoms with Crippen molar-refractivity contribution in [3.05, 3.63) is 29.7 Å². The van der Waals surface area contributed by atoms with E-state index >= 15 is 0 Å². The molecule has 0 aliphatic carbocycles. The van der Waals surface area contributed by atoms with Gasteiger partial charge in [0.1, 0.15) is 0 Å². The maximum Gasteiger partial charge on any atom is 0.355 e. The molecule has 0 atom stereocenters. The molecule has 1 aromatic carbocycles. The zero-order valence-electron chi connectivity index (χ0n) is 7.04. The number of carbonyl (C=O) groups is 1. The molecule has 0 saturated heterocycles. The first-order valence-electron chi connectivity index (χ1n) is 3.90. The van der Waals surface area contributed by atoms with Crippen molar-refractivity contribution in [1.82, 2.24) is 4.98 Å². The number of nitrogens with two attached hydrogens (primary N) is 1. The van der Waals surface area contributed by atoms with Crippen LogP contribution in [0.2, 0.25) is 0 Å². The van der Waals surface area contributed by atoms with E-state index in [-0.39, 0.29) is 11.1 Å². The molecule has 2 rings (SSSR count). The number of hydrogen-bond acceptors (Lipinski definition) is 2. The summed E-state index contributed by atoms with van der Waals surface area (Å²) in [6.45, 7) is 0. The van der Waals surface area contributed by atoms with Crippen LogP contribution in [0.3, 0.4) is 0 Å². The normalized spacial score (nSPS) is 10.6. The van der Waals surface area contributed by atoms with Crippen LogP contribution in [0.1, 0.15) is 10.5 Å². The Bertz CT molecular complexity index is 519. The third-order valence-electron chi connectivity index (χ3n) is 2.01. The minimum Gasteiger partial charge on any atom is -0.476 e. The summed E-state index contributed by atoms with van der Waals surface area (Å²) >= 11 is 0. The summed E-state index contributed by atoms with van der Waals surface area (Å²) in [5.74, 6) is -2.15. The van der Waals surface area contributed by atoms with Gasteiger partial charge in [-0.1, -0.05) is 6.07 Å². The van der Waals surface area contributed by atoms with Crippen LogP contribution in [0, 0.1) is 5.82 Å². The van der Waals surface area contributed by atoms with Gasteiger partial charge in [0.05, 0.1) is 10.9 Å². The van der Waals surface area contributed by atoms with Crippen molar-refractivity contribution in [1.29, 1.82) is 0 Å². The topological polar surface area (TPSA) is 79.1 Å². The highest BCUT2D eigenvalue weighted by Crippen LogP contribution is 2.25. The Balaban J connectivity index is 2.87. The highest BCUT2D eigenvalue weighted by atomic mass is 19.1. The zero-order chi connectivity index (χ0) is 10.3. The molecule has 14 heavy (non-hydrogen) atoms. The second-order valence-corrected chi connectivity index (χ2v) is 2.89. The van der Waals surface area contributed by atoms with Crippen molar-refractivity contribution in [3.63, 3.8) is 0 Å². The molecular weight excluding hydrogens is 187 g/mol. The van der Waals surface area contributed by atoms with Crippen molar-refractivity contribution in [3.8, 4) is 0 Å². The summed E-state index contributed by atoms with van der Waals surface area (Å²) in [4.78, 5) is 13.0. The van der Waals surface area contributed by atoms with Gasteiger partial charge in [0.2, 0.25) is 0 Å². The molecule has 2 aromatic rings. The molecule has 0 bridgehead atoms. The molecule has 1 aromatic heterocycles. The van der Waals surface area contributed by atoms with Gasteiger partial charge >= 0.3 is 5.97 Å². The molecule has 0 spiro atoms. The molecule has 5 heteroatoms. The number of aromatic carboxylic acids is 1. The Labute approximate surface area is 78.1 Å². The van der Waals surface area contributed by atoms with Gasteiger partial charge < -0.3 is 15.8 Å². The fourth-order valence-electron chi connectivity index (χ4n) is 1.38. The summed E-state index contributed by atoms with van der Waals surface area (Å²) in [5, 5.41) is 8.78. The first-order valence-corrected chi connectivity index (χ1v) is 3.90. The van der Waals surface area contributed by atoms with E-state index in [0.29, 0.717) is 5.52 Å². The Morgan fingerprint density at radius 2 is 2.21 bits per heavy atom. The number of rotatable bonds is 1. The van der Waals surface area contributed by atoms with E-state index in [1.807, 2.05) is 0 Å². The van der Waals surface area contributed by atoms with Gasteiger partial charge in [0.25, 0.3) is 0 Å². The largest absolute Gasteiger partial charge is 0.476 e. The van der Waals surface area contributed by atoms with E-state index in [9.17, 15) is 9.18 Å². The molecule has 1 heterocycles. The summed E-state index contributed by atoms with van der Waals surface area (Å²) in [6.07, 6.45) is 0. The Morgan fingerprint density at radius 3 is 2.79 bits per heavy atom. The van der Waals surface area contributed by atoms with Gasteiger partial charge in [0, 0.05) is 5.69 Å². The highest BCUT2D eigenvalue weighted by Gasteiger charge is 2.18. The summed E-state index contributed by atoms with van der Waals surface area (Å²) < 4.78 is 13.4. The average molecular weight is 194 g/mol. The number of benzene rings is 1. The molecule has 4 N–H and O–H groups in total. The number of halogens is 1. The fraction of sp³-hybridized carbons (Fsp3) is 0. The molecule has 4 nitrogen and oxygen atoms in total. The number of hydrogen-bond donors (Lipinski definition) is 3. The van der Waals surface area contributed by atoms with Gasteiger partial charge in [0.15, 0.2) is 11.5 Å². The van der Waals surface area contributed by atoms with E-state index in [2.05, 4.69) is 4.98 Å². The van der Waals surface area contributed by atoms with Crippen LogP contribution in [-0.2, 0) is 0 Å². The number of aromatic amines is 1. The Morgan fingerprint density at radius 1 is 1.50 bits per heavy atom. The lowest BCUT2D eigenvalue weighted by Gasteiger charge is -1.93. The lowest BCUT2D eigenvalue weighted by Crippen LogP contribution is -1.98. The van der Waals surface area contributed by atoms with E-state index in [4.69, 9.17) is 10.8 Å². The van der Waals surface area contributed by atoms with Crippen LogP contribution in [0.4, 0.5) is 10.1 Å². The minimum atomic E-state index is -1.34. The first kappa shape index (κ1) is 8.55. The maximum atomic E-state index is 13.4. The van der Waals surface area contributed by atoms with E-state index in [0.717, 1.165) is 0 Å². The van der Waals surface area contributed by atoms with Crippen molar-refractivity contribution in [2.24, 2.45) is 0 Å². The highest BCUT2D eigenvalue weighted by molar-refractivity contribution is 5.99. The number of aromatic nitrogens is 1. The minimum absolute atomic E-state index is 0.130. The van der Waals surface area contributed by atoms with Gasteiger partial charge in [-0.15, -0.1) is 0 Å². The average Bonchev–Trinajstić information content (AvgIpc) is 2.45. The van der Waals surface area contributed by atoms with Crippen molar-refractivity contribution >= 4 is 22.6 Å². The van der Waals surface area contributed by atoms with Crippen LogP contribution in [0.15, 0.2) is 18.2 Å². The molecule has 0 fully saturated rings. The molecule has 0 aliphatic rings. The summed E-state index contributed by atoms with van der Waals surface area (Å²) in [6, 6.07) is 4.71. The summed E-state index contributed by atoms with van der Waals surface area (Å²) in [7, 11) is 0. The molecule has 0 unspecified atom stereocenters. The third-order valence-corrected chi connectivity index (χ3v) is 2.01. The predicted molar refractivity (Wildman–Crippen MR) is 49.6 cm³/mol. The number of fused-ring (bicyclic) bond motifs is 1. The zero-order valence-corrected chi connectivity index (χ0v) is 7.04. The van der Waals surface area contributed by atoms with Gasteiger partial charge in [-0.05, 0) is 12.1 Å². The molecule has 72 valence electrons. The monoisotopic (exact) mass is 194 g/mol. The quantitative estimate of drug-likeness (QED) is 0.603. The molecule has 0 aliphatic heterocycles. The Hall–Kier alpha value is -2.04. The van der Waals surface area contributed by atoms with E-state index in [1.54, 1.807) is 12.1 Å². The molecule has 0 saturated carbocycles. The van der Waals surface area contributed by atoms with E-state index < -0.39 is 17.5 Å². The molecular formula is C9H7FN2O2. The van der Waals surface area contributed by atoms with Crippen LogP contribution in [0.5, 0.6) is 0 Å². The summed E-state index contributed by atoms with van der Waals surface area (Å²) in [5.41, 5.74) is 5.67. The van der Waals surface area contributed by atoms with Gasteiger partial charge in [-0.25, -0.2) is 9.18 Å². The van der Waals surface area contributed by atoms with Crippen LogP contribution in [-0.4, -0.2) is 16.1 Å². The number of H-pyrrole nitrogens is 1. The SMILES string of the molecule is Nc1cccc2[nH]c(C(=O)O)c(F)c12. The number of carboxylic acid groups (broad SMARTS) is 1. The lowest BCUT2D eigenvalue weighted by molar-refractivity contribution is 0.0686. The Kier molecular flexibility index (Phi) is 1.67. The van der Waals surface area contributed by atoms with Crippen molar-refractivity contribution in [2.75, 3.05) is 5.73 Å². The van der Waals surface area contributed by atoms with Crippen molar-refractivity contribution in [2.45, 2.75) is 0 Å². The van der Waals surface area contributed by atoms with Gasteiger partial charge in [-0.2, -0.15) is 0 Å². The predicted octanol–water partition coefficient (Wildman–Crippen LogP) is 1.59. The van der Waals surface area contributed by atoms with Crippen LogP contribution >= 0.6 is 0 Å². The number of nitrogen functional groups attached to an aromatic ring is 1. The number of nitrogens with one attached hydrogen (secondary N) is 1. The standard InChI is InChI=1S/C9H7FN2O2/c10-7-6-4(11)2-1-3-5(6)12-8(7)9(13)14/h1-3,12H,11H2,(H,13,14). The lowest BCUT2D eigenvalue weighted by atomic mass is 10.2. The van der Waals surface area contributed by atoms with Crippen molar-refractivity contribution < 1.29 is 14.3 Å². The van der Waals surface area contributed by atoms with E-state index in [1.165, 1.54) is 6.07 Å². The maximum absolute atomic E-state index is 13.4. The smallest absolute Gasteiger partial charge is 0.355 e. The second kappa shape index (κ2) is 2.73. The fourth-order valence-corrected chi connectivity index (χ4v) is 1.38. The van der Waals surface area contributed by atoms with Crippen LogP contribution < -0.4 is 5.73 Å². The third kappa shape index (κ3) is 1.02. The first-order chi connectivity index (χ1) is 6.61. The number of anilines is 1. The molecule has 0 radical (unpaired) electrons. The van der Waals surface area contributed by atoms with Gasteiger partial charge in [-0.3, -0.25) is 0 Å². The number of carboxylic acids is 1.